The SMILES string of the molecule is CN1C2CCC1CC(Oc1ccc(C#N)c(Cl)c1)C2.O=C(O)/C=C/C(=O)O. The number of carboxylic acid groups (broad SMARTS) is 2. The Hall–Kier alpha value is -2.56. The number of rotatable bonds is 4. The number of nitriles is 1. The summed E-state index contributed by atoms with van der Waals surface area (Å²) in [5, 5.41) is 24.9. The Balaban J connectivity index is 0.000000279. The number of hydrogen-bond donors (Lipinski definition) is 2. The summed E-state index contributed by atoms with van der Waals surface area (Å²) >= 11 is 6.03. The number of carboxylic acids is 2. The van der Waals surface area contributed by atoms with Crippen molar-refractivity contribution in [3.8, 4) is 11.8 Å². The number of halogens is 1. The molecule has 2 aliphatic rings. The molecule has 2 unspecified atom stereocenters. The molecule has 2 aliphatic heterocycles. The molecule has 0 amide bonds. The van der Waals surface area contributed by atoms with Crippen LogP contribution >= 0.6 is 11.6 Å². The summed E-state index contributed by atoms with van der Waals surface area (Å²) in [7, 11) is 2.22. The summed E-state index contributed by atoms with van der Waals surface area (Å²) in [4.78, 5) is 21.6. The molecule has 0 radical (unpaired) electrons. The average molecular weight is 393 g/mol. The molecule has 2 bridgehead atoms. The second-order valence-corrected chi connectivity index (χ2v) is 6.93. The molecule has 2 heterocycles. The maximum Gasteiger partial charge on any atom is 0.328 e. The molecule has 0 spiro atoms. The van der Waals surface area contributed by atoms with Crippen LogP contribution in [0.15, 0.2) is 30.4 Å². The first kappa shape index (κ1) is 20.7. The van der Waals surface area contributed by atoms with E-state index in [2.05, 4.69) is 18.0 Å². The van der Waals surface area contributed by atoms with Crippen LogP contribution in [0.2, 0.25) is 5.02 Å². The van der Waals surface area contributed by atoms with Gasteiger partial charge in [0.1, 0.15) is 17.9 Å². The van der Waals surface area contributed by atoms with E-state index < -0.39 is 11.9 Å². The summed E-state index contributed by atoms with van der Waals surface area (Å²) < 4.78 is 6.04. The van der Waals surface area contributed by atoms with Crippen LogP contribution < -0.4 is 4.74 Å². The zero-order valence-electron chi connectivity index (χ0n) is 14.8. The number of fused-ring (bicyclic) bond motifs is 2. The summed E-state index contributed by atoms with van der Waals surface area (Å²) in [5.41, 5.74) is 0.498. The van der Waals surface area contributed by atoms with Crippen molar-refractivity contribution in [1.82, 2.24) is 4.90 Å². The Morgan fingerprint density at radius 1 is 1.22 bits per heavy atom. The first-order valence-corrected chi connectivity index (χ1v) is 8.90. The van der Waals surface area contributed by atoms with E-state index in [0.717, 1.165) is 18.6 Å². The highest BCUT2D eigenvalue weighted by atomic mass is 35.5. The lowest BCUT2D eigenvalue weighted by atomic mass is 10.0. The largest absolute Gasteiger partial charge is 0.490 e. The molecule has 2 N–H and O–H groups in total. The smallest absolute Gasteiger partial charge is 0.328 e. The van der Waals surface area contributed by atoms with Crippen molar-refractivity contribution in [2.75, 3.05) is 7.05 Å². The second kappa shape index (κ2) is 9.40. The van der Waals surface area contributed by atoms with Gasteiger partial charge in [-0.1, -0.05) is 11.6 Å². The molecule has 1 aromatic rings. The lowest BCUT2D eigenvalue weighted by Gasteiger charge is -2.36. The molecule has 3 rings (SSSR count). The van der Waals surface area contributed by atoms with Gasteiger partial charge in [-0.2, -0.15) is 5.26 Å². The van der Waals surface area contributed by atoms with Gasteiger partial charge in [-0.15, -0.1) is 0 Å². The molecule has 2 fully saturated rings. The van der Waals surface area contributed by atoms with E-state index in [-0.39, 0.29) is 6.10 Å². The Kier molecular flexibility index (Phi) is 7.22. The van der Waals surface area contributed by atoms with E-state index in [1.807, 2.05) is 6.07 Å². The quantitative estimate of drug-likeness (QED) is 0.757. The van der Waals surface area contributed by atoms with E-state index >= 15 is 0 Å². The summed E-state index contributed by atoms with van der Waals surface area (Å²) in [6.45, 7) is 0. The van der Waals surface area contributed by atoms with Gasteiger partial charge in [0.15, 0.2) is 0 Å². The molecule has 1 aromatic carbocycles. The van der Waals surface area contributed by atoms with Crippen LogP contribution in [0.4, 0.5) is 0 Å². The Labute approximate surface area is 162 Å². The average Bonchev–Trinajstić information content (AvgIpc) is 2.82. The van der Waals surface area contributed by atoms with Crippen LogP contribution in [0.25, 0.3) is 0 Å². The van der Waals surface area contributed by atoms with Crippen molar-refractivity contribution >= 4 is 23.5 Å². The van der Waals surface area contributed by atoms with Crippen molar-refractivity contribution in [2.24, 2.45) is 0 Å². The fourth-order valence-corrected chi connectivity index (χ4v) is 3.67. The maximum atomic E-state index is 9.55. The van der Waals surface area contributed by atoms with Gasteiger partial charge in [-0.05, 0) is 44.9 Å². The predicted molar refractivity (Wildman–Crippen MR) is 98.8 cm³/mol. The van der Waals surface area contributed by atoms with Crippen LogP contribution in [0.1, 0.15) is 31.2 Å². The molecule has 2 atom stereocenters. The molecule has 8 heteroatoms. The molecule has 0 aliphatic carbocycles. The van der Waals surface area contributed by atoms with Crippen molar-refractivity contribution in [3.63, 3.8) is 0 Å². The van der Waals surface area contributed by atoms with E-state index in [4.69, 9.17) is 31.8 Å². The summed E-state index contributed by atoms with van der Waals surface area (Å²) in [6, 6.07) is 8.70. The third-order valence-corrected chi connectivity index (χ3v) is 5.10. The summed E-state index contributed by atoms with van der Waals surface area (Å²) in [5.74, 6) is -1.74. The van der Waals surface area contributed by atoms with Crippen LogP contribution in [0, 0.1) is 11.3 Å². The van der Waals surface area contributed by atoms with Crippen LogP contribution in [0.3, 0.4) is 0 Å². The third kappa shape index (κ3) is 5.98. The number of hydrogen-bond acceptors (Lipinski definition) is 5. The molecule has 2 saturated heterocycles. The third-order valence-electron chi connectivity index (χ3n) is 4.79. The highest BCUT2D eigenvalue weighted by Gasteiger charge is 2.39. The van der Waals surface area contributed by atoms with Gasteiger partial charge in [-0.3, -0.25) is 0 Å². The lowest BCUT2D eigenvalue weighted by Crippen LogP contribution is -2.43. The van der Waals surface area contributed by atoms with E-state index in [9.17, 15) is 9.59 Å². The standard InChI is InChI=1S/C15H17ClN2O.C4H4O4/c1-18-11-3-4-12(18)7-14(6-11)19-13-5-2-10(9-17)15(16)8-13;5-3(6)1-2-4(7)8/h2,5,8,11-12,14H,3-4,6-7H2,1H3;1-2H,(H,5,6)(H,7,8)/b;2-1+. The maximum absolute atomic E-state index is 9.55. The molecule has 0 aromatic heterocycles. The van der Waals surface area contributed by atoms with E-state index in [1.165, 1.54) is 12.8 Å². The minimum Gasteiger partial charge on any atom is -0.490 e. The van der Waals surface area contributed by atoms with Crippen LogP contribution in [-0.2, 0) is 9.59 Å². The number of benzene rings is 1. The van der Waals surface area contributed by atoms with Gasteiger partial charge < -0.3 is 19.8 Å². The monoisotopic (exact) mass is 392 g/mol. The van der Waals surface area contributed by atoms with Gasteiger partial charge in [0.25, 0.3) is 0 Å². The van der Waals surface area contributed by atoms with E-state index in [1.54, 1.807) is 12.1 Å². The van der Waals surface area contributed by atoms with Crippen molar-refractivity contribution in [2.45, 2.75) is 43.9 Å². The van der Waals surface area contributed by atoms with Crippen LogP contribution in [0.5, 0.6) is 5.75 Å². The number of piperidine rings is 1. The molecule has 0 saturated carbocycles. The lowest BCUT2D eigenvalue weighted by molar-refractivity contribution is -0.134. The van der Waals surface area contributed by atoms with Crippen molar-refractivity contribution in [1.29, 1.82) is 5.26 Å². The van der Waals surface area contributed by atoms with Crippen molar-refractivity contribution in [3.05, 3.63) is 40.9 Å². The highest BCUT2D eigenvalue weighted by molar-refractivity contribution is 6.31. The minimum absolute atomic E-state index is 0.276. The second-order valence-electron chi connectivity index (χ2n) is 6.52. The Morgan fingerprint density at radius 2 is 1.78 bits per heavy atom. The number of nitrogens with zero attached hydrogens (tertiary/aromatic N) is 2. The van der Waals surface area contributed by atoms with E-state index in [0.29, 0.717) is 34.8 Å². The van der Waals surface area contributed by atoms with Gasteiger partial charge in [-0.25, -0.2) is 9.59 Å². The van der Waals surface area contributed by atoms with Crippen molar-refractivity contribution < 1.29 is 24.5 Å². The molecular formula is C19H21ClN2O5. The predicted octanol–water partition coefficient (Wildman–Crippen LogP) is 2.93. The Bertz CT molecular complexity index is 744. The molecular weight excluding hydrogens is 372 g/mol. The topological polar surface area (TPSA) is 111 Å². The fraction of sp³-hybridized carbons (Fsp3) is 0.421. The van der Waals surface area contributed by atoms with Gasteiger partial charge in [0.2, 0.25) is 0 Å². The van der Waals surface area contributed by atoms with Crippen LogP contribution in [-0.4, -0.2) is 52.3 Å². The molecule has 144 valence electrons. The molecule has 27 heavy (non-hydrogen) atoms. The Morgan fingerprint density at radius 3 is 2.22 bits per heavy atom. The van der Waals surface area contributed by atoms with Gasteiger partial charge in [0, 0.05) is 30.3 Å². The minimum atomic E-state index is -1.26. The first-order chi connectivity index (χ1) is 12.8. The highest BCUT2D eigenvalue weighted by Crippen LogP contribution is 2.36. The first-order valence-electron chi connectivity index (χ1n) is 8.52. The van der Waals surface area contributed by atoms with Gasteiger partial charge in [0.05, 0.1) is 10.6 Å². The number of aliphatic carboxylic acids is 2. The molecule has 7 nitrogen and oxygen atoms in total. The fourth-order valence-electron chi connectivity index (χ4n) is 3.45. The summed E-state index contributed by atoms with van der Waals surface area (Å²) in [6.07, 6.45) is 6.14. The number of ether oxygens (including phenoxy) is 1. The zero-order chi connectivity index (χ0) is 20.0. The van der Waals surface area contributed by atoms with Gasteiger partial charge >= 0.3 is 11.9 Å². The normalized spacial score (nSPS) is 24.0. The number of carbonyl (C=O) groups is 2. The zero-order valence-corrected chi connectivity index (χ0v) is 15.6.